The lowest BCUT2D eigenvalue weighted by Crippen LogP contribution is -2.45. The number of aromatic nitrogens is 3. The fourth-order valence-electron chi connectivity index (χ4n) is 3.36. The summed E-state index contributed by atoms with van der Waals surface area (Å²) >= 11 is 0. The normalized spacial score (nSPS) is 21.4. The van der Waals surface area contributed by atoms with E-state index < -0.39 is 0 Å². The molecule has 1 saturated carbocycles. The molecule has 0 saturated heterocycles. The predicted molar refractivity (Wildman–Crippen MR) is 101 cm³/mol. The Morgan fingerprint density at radius 3 is 2.64 bits per heavy atom. The van der Waals surface area contributed by atoms with Crippen LogP contribution in [0.25, 0.3) is 0 Å². The van der Waals surface area contributed by atoms with E-state index in [1.165, 1.54) is 38.5 Å². The van der Waals surface area contributed by atoms with Crippen molar-refractivity contribution in [1.29, 1.82) is 0 Å². The maximum atomic E-state index is 5.14. The average molecular weight is 351 g/mol. The van der Waals surface area contributed by atoms with E-state index in [1.807, 2.05) is 18.5 Å². The van der Waals surface area contributed by atoms with Crippen LogP contribution in [0.1, 0.15) is 57.1 Å². The van der Waals surface area contributed by atoms with E-state index in [0.717, 1.165) is 30.1 Å². The molecule has 0 unspecified atom stereocenters. The molecule has 0 aromatic carbocycles. The lowest BCUT2D eigenvalue weighted by Gasteiger charge is -2.30. The molecule has 1 heterocycles. The molecule has 1 aromatic heterocycles. The summed E-state index contributed by atoms with van der Waals surface area (Å²) in [6, 6.07) is 0.503. The molecular weight excluding hydrogens is 316 g/mol. The van der Waals surface area contributed by atoms with Crippen LogP contribution in [0.15, 0.2) is 4.99 Å². The fourth-order valence-corrected chi connectivity index (χ4v) is 3.36. The maximum Gasteiger partial charge on any atom is 0.192 e. The number of ether oxygens (including phenoxy) is 1. The third-order valence-electron chi connectivity index (χ3n) is 5.04. The molecule has 25 heavy (non-hydrogen) atoms. The van der Waals surface area contributed by atoms with Crippen LogP contribution < -0.4 is 10.6 Å². The third kappa shape index (κ3) is 6.30. The second kappa shape index (κ2) is 10.4. The average Bonchev–Trinajstić information content (AvgIpc) is 2.93. The molecule has 0 spiro atoms. The van der Waals surface area contributed by atoms with E-state index in [9.17, 15) is 0 Å². The molecule has 1 fully saturated rings. The van der Waals surface area contributed by atoms with Gasteiger partial charge in [0.2, 0.25) is 0 Å². The minimum absolute atomic E-state index is 0.503. The molecular formula is C18H34N6O. The summed E-state index contributed by atoms with van der Waals surface area (Å²) in [6.07, 6.45) is 7.74. The molecule has 1 aliphatic rings. The highest BCUT2D eigenvalue weighted by Gasteiger charge is 2.21. The Morgan fingerprint density at radius 1 is 1.28 bits per heavy atom. The highest BCUT2D eigenvalue weighted by Crippen LogP contribution is 2.27. The molecule has 0 aliphatic heterocycles. The largest absolute Gasteiger partial charge is 0.383 e. The van der Waals surface area contributed by atoms with Gasteiger partial charge in [-0.25, -0.2) is 4.99 Å². The highest BCUT2D eigenvalue weighted by atomic mass is 16.5. The van der Waals surface area contributed by atoms with Crippen LogP contribution in [-0.2, 0) is 18.3 Å². The SMILES string of the molecule is CCCC1CCC(NC(=NCc2nnc(C)n2C)NCCOC)CC1. The number of nitrogens with zero attached hydrogens (tertiary/aromatic N) is 4. The van der Waals surface area contributed by atoms with Gasteiger partial charge in [0.1, 0.15) is 12.4 Å². The van der Waals surface area contributed by atoms with Gasteiger partial charge in [0, 0.05) is 26.7 Å². The fraction of sp³-hybridized carbons (Fsp3) is 0.833. The summed E-state index contributed by atoms with van der Waals surface area (Å²) in [6.45, 7) is 6.15. The van der Waals surface area contributed by atoms with E-state index in [4.69, 9.17) is 9.73 Å². The van der Waals surface area contributed by atoms with E-state index in [1.54, 1.807) is 7.11 Å². The van der Waals surface area contributed by atoms with E-state index >= 15 is 0 Å². The van der Waals surface area contributed by atoms with Crippen molar-refractivity contribution >= 4 is 5.96 Å². The van der Waals surface area contributed by atoms with Gasteiger partial charge in [0.25, 0.3) is 0 Å². The van der Waals surface area contributed by atoms with E-state index in [-0.39, 0.29) is 0 Å². The molecule has 2 N–H and O–H groups in total. The number of guanidine groups is 1. The first-order valence-electron chi connectivity index (χ1n) is 9.52. The second-order valence-electron chi connectivity index (χ2n) is 6.96. The van der Waals surface area contributed by atoms with Crippen molar-refractivity contribution in [3.63, 3.8) is 0 Å². The van der Waals surface area contributed by atoms with Crippen molar-refractivity contribution in [1.82, 2.24) is 25.4 Å². The van der Waals surface area contributed by atoms with Crippen LogP contribution in [0.4, 0.5) is 0 Å². The van der Waals surface area contributed by atoms with Crippen molar-refractivity contribution in [3.8, 4) is 0 Å². The van der Waals surface area contributed by atoms with Gasteiger partial charge in [0.15, 0.2) is 11.8 Å². The number of methoxy groups -OCH3 is 1. The molecule has 1 aliphatic carbocycles. The zero-order valence-electron chi connectivity index (χ0n) is 16.2. The summed E-state index contributed by atoms with van der Waals surface area (Å²) in [7, 11) is 3.68. The first kappa shape index (κ1) is 19.7. The predicted octanol–water partition coefficient (Wildman–Crippen LogP) is 2.16. The van der Waals surface area contributed by atoms with Crippen LogP contribution in [0.2, 0.25) is 0 Å². The molecule has 2 rings (SSSR count). The van der Waals surface area contributed by atoms with Gasteiger partial charge < -0.3 is 19.9 Å². The summed E-state index contributed by atoms with van der Waals surface area (Å²) in [5, 5.41) is 15.2. The molecule has 7 nitrogen and oxygen atoms in total. The van der Waals surface area contributed by atoms with E-state index in [0.29, 0.717) is 19.2 Å². The van der Waals surface area contributed by atoms with Gasteiger partial charge in [-0.2, -0.15) is 0 Å². The van der Waals surface area contributed by atoms with Crippen molar-refractivity contribution in [2.75, 3.05) is 20.3 Å². The quantitative estimate of drug-likeness (QED) is 0.427. The number of rotatable bonds is 8. The van der Waals surface area contributed by atoms with Crippen molar-refractivity contribution < 1.29 is 4.74 Å². The molecule has 0 radical (unpaired) electrons. The monoisotopic (exact) mass is 350 g/mol. The van der Waals surface area contributed by atoms with Gasteiger partial charge in [-0.15, -0.1) is 10.2 Å². The summed E-state index contributed by atoms with van der Waals surface area (Å²) in [5.41, 5.74) is 0. The van der Waals surface area contributed by atoms with Gasteiger partial charge in [-0.1, -0.05) is 19.8 Å². The van der Waals surface area contributed by atoms with Crippen molar-refractivity contribution in [3.05, 3.63) is 11.6 Å². The van der Waals surface area contributed by atoms with Crippen LogP contribution in [0.3, 0.4) is 0 Å². The minimum Gasteiger partial charge on any atom is -0.383 e. The van der Waals surface area contributed by atoms with Crippen LogP contribution >= 0.6 is 0 Å². The third-order valence-corrected chi connectivity index (χ3v) is 5.04. The highest BCUT2D eigenvalue weighted by molar-refractivity contribution is 5.80. The van der Waals surface area contributed by atoms with Gasteiger partial charge in [-0.05, 0) is 38.5 Å². The number of aliphatic imine (C=N–C) groups is 1. The zero-order chi connectivity index (χ0) is 18.1. The van der Waals surface area contributed by atoms with Gasteiger partial charge >= 0.3 is 0 Å². The van der Waals surface area contributed by atoms with Crippen molar-refractivity contribution in [2.45, 2.75) is 65.0 Å². The zero-order valence-corrected chi connectivity index (χ0v) is 16.2. The smallest absolute Gasteiger partial charge is 0.192 e. The van der Waals surface area contributed by atoms with Crippen LogP contribution in [-0.4, -0.2) is 47.0 Å². The number of hydrogen-bond donors (Lipinski definition) is 2. The molecule has 0 atom stereocenters. The van der Waals surface area contributed by atoms with Crippen LogP contribution in [0, 0.1) is 12.8 Å². The first-order chi connectivity index (χ1) is 12.1. The molecule has 142 valence electrons. The number of aryl methyl sites for hydroxylation is 1. The maximum absolute atomic E-state index is 5.14. The van der Waals surface area contributed by atoms with Gasteiger partial charge in [-0.3, -0.25) is 0 Å². The Hall–Kier alpha value is -1.63. The van der Waals surface area contributed by atoms with Crippen molar-refractivity contribution in [2.24, 2.45) is 18.0 Å². The number of hydrogen-bond acceptors (Lipinski definition) is 4. The standard InChI is InChI=1S/C18H34N6O/c1-5-6-15-7-9-16(10-8-15)21-18(19-11-12-25-4)20-13-17-23-22-14(2)24(17)3/h15-16H,5-13H2,1-4H3,(H2,19,20,21). The first-order valence-corrected chi connectivity index (χ1v) is 9.52. The molecule has 0 bridgehead atoms. The molecule has 7 heteroatoms. The topological polar surface area (TPSA) is 76.4 Å². The van der Waals surface area contributed by atoms with Crippen LogP contribution in [0.5, 0.6) is 0 Å². The number of nitrogens with one attached hydrogen (secondary N) is 2. The lowest BCUT2D eigenvalue weighted by atomic mass is 9.83. The molecule has 0 amide bonds. The summed E-state index contributed by atoms with van der Waals surface area (Å²) in [4.78, 5) is 4.70. The Kier molecular flexibility index (Phi) is 8.18. The molecule has 1 aromatic rings. The Labute approximate surface area is 151 Å². The van der Waals surface area contributed by atoms with Gasteiger partial charge in [0.05, 0.1) is 6.61 Å². The minimum atomic E-state index is 0.503. The Morgan fingerprint density at radius 2 is 2.04 bits per heavy atom. The summed E-state index contributed by atoms with van der Waals surface area (Å²) in [5.74, 6) is 3.53. The lowest BCUT2D eigenvalue weighted by molar-refractivity contribution is 0.203. The Bertz CT molecular complexity index is 534. The van der Waals surface area contributed by atoms with E-state index in [2.05, 4.69) is 27.8 Å². The second-order valence-corrected chi connectivity index (χ2v) is 6.96. The summed E-state index contributed by atoms with van der Waals surface area (Å²) < 4.78 is 7.12. The Balaban J connectivity index is 1.91.